The summed E-state index contributed by atoms with van der Waals surface area (Å²) in [6.45, 7) is 4.65. The van der Waals surface area contributed by atoms with E-state index in [2.05, 4.69) is 15.5 Å². The Morgan fingerprint density at radius 3 is 2.86 bits per heavy atom. The number of nitrogens with one attached hydrogen (secondary N) is 1. The molecule has 1 N–H and O–H groups in total. The number of nitro benzene ring substituents is 1. The third-order valence-electron chi connectivity index (χ3n) is 2.69. The van der Waals surface area contributed by atoms with Crippen LogP contribution >= 0.6 is 23.1 Å². The molecule has 112 valence electrons. The zero-order valence-electron chi connectivity index (χ0n) is 11.8. The van der Waals surface area contributed by atoms with Gasteiger partial charge in [-0.2, -0.15) is 0 Å². The van der Waals surface area contributed by atoms with Gasteiger partial charge in [-0.3, -0.25) is 10.1 Å². The molecule has 2 rings (SSSR count). The molecule has 2 aromatic rings. The highest BCUT2D eigenvalue weighted by Gasteiger charge is 2.14. The Bertz CT molecular complexity index is 630. The van der Waals surface area contributed by atoms with Crippen LogP contribution < -0.4 is 5.32 Å². The zero-order valence-corrected chi connectivity index (χ0v) is 13.5. The van der Waals surface area contributed by atoms with Crippen LogP contribution in [0, 0.1) is 17.0 Å². The van der Waals surface area contributed by atoms with Crippen LogP contribution in [0.5, 0.6) is 0 Å². The van der Waals surface area contributed by atoms with E-state index in [-0.39, 0.29) is 10.6 Å². The second-order valence-electron chi connectivity index (χ2n) is 4.41. The number of thioether (sulfide) groups is 1. The normalized spacial score (nSPS) is 10.6. The molecule has 0 saturated heterocycles. The van der Waals surface area contributed by atoms with Crippen molar-refractivity contribution in [3.8, 4) is 0 Å². The monoisotopic (exact) mass is 324 g/mol. The van der Waals surface area contributed by atoms with Gasteiger partial charge in [-0.15, -0.1) is 10.2 Å². The molecule has 0 unspecified atom stereocenters. The van der Waals surface area contributed by atoms with E-state index in [1.165, 1.54) is 11.3 Å². The van der Waals surface area contributed by atoms with Crippen molar-refractivity contribution in [2.24, 2.45) is 0 Å². The van der Waals surface area contributed by atoms with Gasteiger partial charge in [0.15, 0.2) is 4.34 Å². The van der Waals surface area contributed by atoms with E-state index < -0.39 is 0 Å². The minimum absolute atomic E-state index is 0.120. The molecule has 0 amide bonds. The zero-order chi connectivity index (χ0) is 15.2. The summed E-state index contributed by atoms with van der Waals surface area (Å²) in [6.07, 6.45) is 0.922. The van der Waals surface area contributed by atoms with E-state index in [1.807, 2.05) is 19.9 Å². The predicted molar refractivity (Wildman–Crippen MR) is 86.1 cm³/mol. The Hall–Kier alpha value is -1.67. The lowest BCUT2D eigenvalue weighted by molar-refractivity contribution is -0.384. The number of hydrogen-bond acceptors (Lipinski definition) is 7. The molecule has 0 aliphatic carbocycles. The maximum absolute atomic E-state index is 11.2. The first kappa shape index (κ1) is 15.7. The Morgan fingerprint density at radius 1 is 1.43 bits per heavy atom. The van der Waals surface area contributed by atoms with Gasteiger partial charge in [-0.1, -0.05) is 36.1 Å². The third-order valence-corrected chi connectivity index (χ3v) is 4.74. The lowest BCUT2D eigenvalue weighted by Gasteiger charge is -2.07. The molecule has 0 spiro atoms. The lowest BCUT2D eigenvalue weighted by atomic mass is 10.2. The SMILES string of the molecule is CCCNc1ccc(CSc2nnc(C)s2)cc1[N+](=O)[O-]. The standard InChI is InChI=1S/C13H16N4O2S2/c1-3-6-14-11-5-4-10(7-12(11)17(18)19)8-20-13-16-15-9(2)21-13/h4-5,7,14H,3,6,8H2,1-2H3. The van der Waals surface area contributed by atoms with Crippen molar-refractivity contribution < 1.29 is 4.92 Å². The number of rotatable bonds is 7. The predicted octanol–water partition coefficient (Wildman–Crippen LogP) is 3.87. The van der Waals surface area contributed by atoms with Gasteiger partial charge in [0.2, 0.25) is 0 Å². The average Bonchev–Trinajstić information content (AvgIpc) is 2.89. The molecule has 0 bridgehead atoms. The molecule has 0 aliphatic rings. The smallest absolute Gasteiger partial charge is 0.292 e. The van der Waals surface area contributed by atoms with Crippen molar-refractivity contribution in [3.05, 3.63) is 38.9 Å². The molecule has 1 aromatic carbocycles. The molecule has 0 aliphatic heterocycles. The van der Waals surface area contributed by atoms with Gasteiger partial charge in [-0.25, -0.2) is 0 Å². The van der Waals surface area contributed by atoms with Gasteiger partial charge < -0.3 is 5.32 Å². The fourth-order valence-electron chi connectivity index (χ4n) is 1.71. The summed E-state index contributed by atoms with van der Waals surface area (Å²) in [4.78, 5) is 10.8. The van der Waals surface area contributed by atoms with Crippen molar-refractivity contribution in [3.63, 3.8) is 0 Å². The van der Waals surface area contributed by atoms with E-state index in [4.69, 9.17) is 0 Å². The second-order valence-corrected chi connectivity index (χ2v) is 6.82. The van der Waals surface area contributed by atoms with Gasteiger partial charge in [0.1, 0.15) is 10.7 Å². The van der Waals surface area contributed by atoms with Gasteiger partial charge >= 0.3 is 0 Å². The molecule has 21 heavy (non-hydrogen) atoms. The van der Waals surface area contributed by atoms with Crippen molar-refractivity contribution >= 4 is 34.5 Å². The lowest BCUT2D eigenvalue weighted by Crippen LogP contribution is -2.03. The fraction of sp³-hybridized carbons (Fsp3) is 0.385. The fourth-order valence-corrected chi connectivity index (χ4v) is 3.47. The summed E-state index contributed by atoms with van der Waals surface area (Å²) < 4.78 is 0.878. The number of benzene rings is 1. The van der Waals surface area contributed by atoms with Crippen molar-refractivity contribution in [2.45, 2.75) is 30.4 Å². The maximum Gasteiger partial charge on any atom is 0.292 e. The van der Waals surface area contributed by atoms with Crippen LogP contribution in [0.25, 0.3) is 0 Å². The summed E-state index contributed by atoms with van der Waals surface area (Å²) in [7, 11) is 0. The second kappa shape index (κ2) is 7.37. The highest BCUT2D eigenvalue weighted by molar-refractivity contribution is 8.00. The largest absolute Gasteiger partial charge is 0.380 e. The van der Waals surface area contributed by atoms with E-state index in [0.717, 1.165) is 27.9 Å². The highest BCUT2D eigenvalue weighted by atomic mass is 32.2. The maximum atomic E-state index is 11.2. The summed E-state index contributed by atoms with van der Waals surface area (Å²) in [5, 5.41) is 23.1. The van der Waals surface area contributed by atoms with Crippen LogP contribution in [0.2, 0.25) is 0 Å². The van der Waals surface area contributed by atoms with Gasteiger partial charge in [0.05, 0.1) is 4.92 Å². The van der Waals surface area contributed by atoms with Crippen molar-refractivity contribution in [1.82, 2.24) is 10.2 Å². The van der Waals surface area contributed by atoms with E-state index in [9.17, 15) is 10.1 Å². The third kappa shape index (κ3) is 4.40. The van der Waals surface area contributed by atoms with Crippen LogP contribution in [-0.4, -0.2) is 21.7 Å². The topological polar surface area (TPSA) is 81.0 Å². The average molecular weight is 324 g/mol. The number of nitrogens with zero attached hydrogens (tertiary/aromatic N) is 3. The molecule has 0 radical (unpaired) electrons. The molecule has 1 aromatic heterocycles. The number of aryl methyl sites for hydroxylation is 1. The Labute approximate surface area is 131 Å². The summed E-state index contributed by atoms with van der Waals surface area (Å²) in [5.74, 6) is 0.642. The number of nitro groups is 1. The molecule has 0 fully saturated rings. The van der Waals surface area contributed by atoms with E-state index in [1.54, 1.807) is 23.9 Å². The molecule has 0 saturated carbocycles. The minimum Gasteiger partial charge on any atom is -0.380 e. The van der Waals surface area contributed by atoms with Gasteiger partial charge in [0, 0.05) is 18.4 Å². The van der Waals surface area contributed by atoms with E-state index >= 15 is 0 Å². The van der Waals surface area contributed by atoms with Crippen molar-refractivity contribution in [1.29, 1.82) is 0 Å². The van der Waals surface area contributed by atoms with Crippen LogP contribution in [0.4, 0.5) is 11.4 Å². The quantitative estimate of drug-likeness (QED) is 0.473. The van der Waals surface area contributed by atoms with Crippen LogP contribution in [-0.2, 0) is 5.75 Å². The first-order valence-electron chi connectivity index (χ1n) is 6.54. The number of anilines is 1. The Kier molecular flexibility index (Phi) is 5.51. The minimum atomic E-state index is -0.346. The van der Waals surface area contributed by atoms with E-state index in [0.29, 0.717) is 11.4 Å². The van der Waals surface area contributed by atoms with Crippen LogP contribution in [0.3, 0.4) is 0 Å². The summed E-state index contributed by atoms with van der Waals surface area (Å²) >= 11 is 3.07. The number of hydrogen-bond donors (Lipinski definition) is 1. The first-order chi connectivity index (χ1) is 10.1. The van der Waals surface area contributed by atoms with Gasteiger partial charge in [0.25, 0.3) is 5.69 Å². The Morgan fingerprint density at radius 2 is 2.24 bits per heavy atom. The number of aromatic nitrogens is 2. The molecule has 8 heteroatoms. The van der Waals surface area contributed by atoms with Crippen molar-refractivity contribution in [2.75, 3.05) is 11.9 Å². The van der Waals surface area contributed by atoms with Gasteiger partial charge in [-0.05, 0) is 25.0 Å². The molecule has 1 heterocycles. The molecular weight excluding hydrogens is 308 g/mol. The molecular formula is C13H16N4O2S2. The summed E-state index contributed by atoms with van der Waals surface area (Å²) in [6, 6.07) is 5.31. The first-order valence-corrected chi connectivity index (χ1v) is 8.34. The van der Waals surface area contributed by atoms with Crippen LogP contribution in [0.1, 0.15) is 23.9 Å². The highest BCUT2D eigenvalue weighted by Crippen LogP contribution is 2.30. The molecule has 6 nitrogen and oxygen atoms in total. The summed E-state index contributed by atoms with van der Waals surface area (Å²) in [5.41, 5.74) is 1.60. The van der Waals surface area contributed by atoms with Crippen LogP contribution in [0.15, 0.2) is 22.5 Å². The Balaban J connectivity index is 2.09. The molecule has 0 atom stereocenters.